The van der Waals surface area contributed by atoms with E-state index in [-0.39, 0.29) is 16.7 Å². The van der Waals surface area contributed by atoms with Crippen molar-refractivity contribution in [1.29, 1.82) is 0 Å². The Bertz CT molecular complexity index is 817. The van der Waals surface area contributed by atoms with Gasteiger partial charge < -0.3 is 5.32 Å². The highest BCUT2D eigenvalue weighted by molar-refractivity contribution is 7.15. The first kappa shape index (κ1) is 19.3. The van der Waals surface area contributed by atoms with Crippen LogP contribution in [0.15, 0.2) is 23.5 Å². The van der Waals surface area contributed by atoms with E-state index in [0.717, 1.165) is 17.5 Å². The average Bonchev–Trinajstić information content (AvgIpc) is 2.97. The van der Waals surface area contributed by atoms with Crippen molar-refractivity contribution >= 4 is 40.4 Å². The molecule has 2 aromatic heterocycles. The second kappa shape index (κ2) is 7.49. The summed E-state index contributed by atoms with van der Waals surface area (Å²) in [5, 5.41) is 2.35. The number of aliphatic imine (C=N–C) groups is 1. The standard InChI is InChI=1S/C15H14ClF3N4OS/c1-7(2)22-8(3)14-21-6-11(25-14)13(24)23-12-4-9(15(17,18)19)10(16)5-20-12/h4-7H,1-3H3,(H,20,23,24). The van der Waals surface area contributed by atoms with Gasteiger partial charge in [-0.15, -0.1) is 11.3 Å². The highest BCUT2D eigenvalue weighted by atomic mass is 35.5. The van der Waals surface area contributed by atoms with Gasteiger partial charge in [-0.1, -0.05) is 11.6 Å². The van der Waals surface area contributed by atoms with Crippen LogP contribution in [0.5, 0.6) is 0 Å². The summed E-state index contributed by atoms with van der Waals surface area (Å²) >= 11 is 6.59. The van der Waals surface area contributed by atoms with Crippen LogP contribution in [0.1, 0.15) is 41.0 Å². The first-order valence-corrected chi connectivity index (χ1v) is 8.32. The van der Waals surface area contributed by atoms with E-state index in [9.17, 15) is 18.0 Å². The van der Waals surface area contributed by atoms with Gasteiger partial charge in [-0.3, -0.25) is 9.79 Å². The maximum absolute atomic E-state index is 12.8. The fourth-order valence-electron chi connectivity index (χ4n) is 1.89. The third-order valence-electron chi connectivity index (χ3n) is 2.89. The molecule has 0 aromatic carbocycles. The molecule has 0 fully saturated rings. The number of nitrogens with zero attached hydrogens (tertiary/aromatic N) is 3. The quantitative estimate of drug-likeness (QED) is 0.771. The second-order valence-corrected chi connectivity index (χ2v) is 6.78. The zero-order valence-corrected chi connectivity index (χ0v) is 15.1. The minimum atomic E-state index is -4.64. The lowest BCUT2D eigenvalue weighted by atomic mass is 10.2. The number of thiazole rings is 1. The minimum absolute atomic E-state index is 0.0835. The van der Waals surface area contributed by atoms with Crippen molar-refractivity contribution in [2.45, 2.75) is 33.0 Å². The summed E-state index contributed by atoms with van der Waals surface area (Å²) in [5.74, 6) is -0.853. The van der Waals surface area contributed by atoms with Gasteiger partial charge in [0, 0.05) is 12.2 Å². The summed E-state index contributed by atoms with van der Waals surface area (Å²) in [6.07, 6.45) is -2.45. The van der Waals surface area contributed by atoms with E-state index in [1.165, 1.54) is 6.20 Å². The lowest BCUT2D eigenvalue weighted by molar-refractivity contribution is -0.137. The topological polar surface area (TPSA) is 67.2 Å². The van der Waals surface area contributed by atoms with E-state index < -0.39 is 22.7 Å². The molecule has 0 bridgehead atoms. The van der Waals surface area contributed by atoms with Gasteiger partial charge in [-0.2, -0.15) is 13.2 Å². The van der Waals surface area contributed by atoms with E-state index in [1.807, 2.05) is 13.8 Å². The molecule has 0 unspecified atom stereocenters. The van der Waals surface area contributed by atoms with Crippen LogP contribution < -0.4 is 5.32 Å². The molecule has 0 saturated heterocycles. The number of aromatic nitrogens is 2. The maximum Gasteiger partial charge on any atom is 0.418 e. The summed E-state index contributed by atoms with van der Waals surface area (Å²) in [6, 6.07) is 0.772. The maximum atomic E-state index is 12.8. The molecular formula is C15H14ClF3N4OS. The zero-order chi connectivity index (χ0) is 18.8. The highest BCUT2D eigenvalue weighted by Crippen LogP contribution is 2.35. The minimum Gasteiger partial charge on any atom is -0.306 e. The Balaban J connectivity index is 2.20. The first-order chi connectivity index (χ1) is 11.6. The summed E-state index contributed by atoms with van der Waals surface area (Å²) in [6.45, 7) is 5.60. The van der Waals surface area contributed by atoms with Gasteiger partial charge in [-0.25, -0.2) is 9.97 Å². The Kier molecular flexibility index (Phi) is 5.79. The van der Waals surface area contributed by atoms with Crippen LogP contribution in [-0.4, -0.2) is 27.6 Å². The lowest BCUT2D eigenvalue weighted by Crippen LogP contribution is -2.13. The molecular weight excluding hydrogens is 377 g/mol. The third-order valence-corrected chi connectivity index (χ3v) is 4.30. The third kappa shape index (κ3) is 4.99. The second-order valence-electron chi connectivity index (χ2n) is 5.34. The molecule has 5 nitrogen and oxygen atoms in total. The number of alkyl halides is 3. The number of pyridine rings is 1. The molecule has 1 N–H and O–H groups in total. The largest absolute Gasteiger partial charge is 0.418 e. The van der Waals surface area contributed by atoms with Crippen LogP contribution in [0.4, 0.5) is 19.0 Å². The molecule has 2 heterocycles. The number of hydrogen-bond acceptors (Lipinski definition) is 5. The normalized spacial score (nSPS) is 12.6. The van der Waals surface area contributed by atoms with E-state index in [2.05, 4.69) is 20.3 Å². The van der Waals surface area contributed by atoms with Crippen LogP contribution in [0, 0.1) is 0 Å². The van der Waals surface area contributed by atoms with Crippen molar-refractivity contribution < 1.29 is 18.0 Å². The van der Waals surface area contributed by atoms with Crippen LogP contribution in [-0.2, 0) is 6.18 Å². The summed E-state index contributed by atoms with van der Waals surface area (Å²) in [5.41, 5.74) is -0.382. The fourth-order valence-corrected chi connectivity index (χ4v) is 2.86. The highest BCUT2D eigenvalue weighted by Gasteiger charge is 2.34. The van der Waals surface area contributed by atoms with Gasteiger partial charge in [0.2, 0.25) is 0 Å². The molecule has 25 heavy (non-hydrogen) atoms. The summed E-state index contributed by atoms with van der Waals surface area (Å²) in [4.78, 5) is 24.6. The summed E-state index contributed by atoms with van der Waals surface area (Å²) < 4.78 is 38.5. The molecule has 0 aliphatic carbocycles. The predicted octanol–water partition coefficient (Wildman–Crippen LogP) is 4.68. The number of anilines is 1. The molecule has 0 aliphatic heterocycles. The molecule has 2 aromatic rings. The van der Waals surface area contributed by atoms with E-state index in [4.69, 9.17) is 11.6 Å². The van der Waals surface area contributed by atoms with Crippen molar-refractivity contribution in [2.24, 2.45) is 4.99 Å². The molecule has 10 heteroatoms. The molecule has 2 rings (SSSR count). The lowest BCUT2D eigenvalue weighted by Gasteiger charge is -2.10. The Hall–Kier alpha value is -2.00. The number of carbonyl (C=O) groups is 1. The van der Waals surface area contributed by atoms with Gasteiger partial charge in [0.25, 0.3) is 5.91 Å². The van der Waals surface area contributed by atoms with E-state index in [0.29, 0.717) is 16.8 Å². The molecule has 134 valence electrons. The molecule has 0 radical (unpaired) electrons. The SMILES string of the molecule is CC(=NC(C)C)c1ncc(C(=O)Nc2cc(C(F)(F)F)c(Cl)cn2)s1. The molecule has 0 atom stereocenters. The predicted molar refractivity (Wildman–Crippen MR) is 91.7 cm³/mol. The molecule has 1 amide bonds. The zero-order valence-electron chi connectivity index (χ0n) is 13.5. The Morgan fingerprint density at radius 1 is 1.32 bits per heavy atom. The van der Waals surface area contributed by atoms with E-state index in [1.54, 1.807) is 6.92 Å². The van der Waals surface area contributed by atoms with Gasteiger partial charge in [-0.05, 0) is 26.8 Å². The molecule has 0 spiro atoms. The van der Waals surface area contributed by atoms with Crippen molar-refractivity contribution in [3.8, 4) is 0 Å². The number of amides is 1. The van der Waals surface area contributed by atoms with Gasteiger partial charge in [0.05, 0.1) is 22.5 Å². The van der Waals surface area contributed by atoms with Crippen molar-refractivity contribution in [3.05, 3.63) is 38.9 Å². The van der Waals surface area contributed by atoms with Gasteiger partial charge in [0.15, 0.2) is 0 Å². The Morgan fingerprint density at radius 3 is 2.60 bits per heavy atom. The van der Waals surface area contributed by atoms with E-state index >= 15 is 0 Å². The Labute approximate surface area is 151 Å². The first-order valence-electron chi connectivity index (χ1n) is 7.12. The van der Waals surface area contributed by atoms with Crippen LogP contribution in [0.2, 0.25) is 5.02 Å². The Morgan fingerprint density at radius 2 is 2.00 bits per heavy atom. The van der Waals surface area contributed by atoms with Crippen molar-refractivity contribution in [3.63, 3.8) is 0 Å². The summed E-state index contributed by atoms with van der Waals surface area (Å²) in [7, 11) is 0. The number of rotatable bonds is 4. The van der Waals surface area contributed by atoms with Crippen LogP contribution in [0.25, 0.3) is 0 Å². The fraction of sp³-hybridized carbons (Fsp3) is 0.333. The number of nitrogens with one attached hydrogen (secondary N) is 1. The van der Waals surface area contributed by atoms with Crippen molar-refractivity contribution in [2.75, 3.05) is 5.32 Å². The smallest absolute Gasteiger partial charge is 0.306 e. The molecule has 0 aliphatic rings. The van der Waals surface area contributed by atoms with Gasteiger partial charge >= 0.3 is 6.18 Å². The average molecular weight is 391 g/mol. The van der Waals surface area contributed by atoms with Gasteiger partial charge in [0.1, 0.15) is 15.7 Å². The van der Waals surface area contributed by atoms with Crippen molar-refractivity contribution in [1.82, 2.24) is 9.97 Å². The molecule has 0 saturated carbocycles. The van der Waals surface area contributed by atoms with Crippen LogP contribution in [0.3, 0.4) is 0 Å². The van der Waals surface area contributed by atoms with Crippen LogP contribution >= 0.6 is 22.9 Å². The number of carbonyl (C=O) groups excluding carboxylic acids is 1. The number of halogens is 4. The monoisotopic (exact) mass is 390 g/mol. The number of hydrogen-bond donors (Lipinski definition) is 1.